The van der Waals surface area contributed by atoms with Crippen molar-refractivity contribution in [3.05, 3.63) is 65.2 Å². The van der Waals surface area contributed by atoms with E-state index in [2.05, 4.69) is 29.4 Å². The molecule has 4 rings (SSSR count). The number of thiophene rings is 1. The average molecular weight is 384 g/mol. The van der Waals surface area contributed by atoms with Gasteiger partial charge in [-0.05, 0) is 29.5 Å². The number of aromatic nitrogens is 2. The van der Waals surface area contributed by atoms with E-state index < -0.39 is 0 Å². The van der Waals surface area contributed by atoms with E-state index >= 15 is 0 Å². The van der Waals surface area contributed by atoms with Crippen LogP contribution >= 0.6 is 23.1 Å². The Balaban J connectivity index is 1.49. The van der Waals surface area contributed by atoms with E-state index in [1.165, 1.54) is 5.56 Å². The van der Waals surface area contributed by atoms with Crippen LogP contribution in [0.15, 0.2) is 53.9 Å². The Morgan fingerprint density at radius 3 is 2.77 bits per heavy atom. The highest BCUT2D eigenvalue weighted by molar-refractivity contribution is 7.99. The van der Waals surface area contributed by atoms with Gasteiger partial charge in [0.1, 0.15) is 11.4 Å². The fraction of sp³-hybridized carbons (Fsp3) is 0.300. The van der Waals surface area contributed by atoms with E-state index in [0.717, 1.165) is 35.8 Å². The van der Waals surface area contributed by atoms with Crippen molar-refractivity contribution >= 4 is 29.0 Å². The summed E-state index contributed by atoms with van der Waals surface area (Å²) in [5.41, 5.74) is 2.89. The lowest BCUT2D eigenvalue weighted by Crippen LogP contribution is -2.34. The summed E-state index contributed by atoms with van der Waals surface area (Å²) >= 11 is 3.59. The van der Waals surface area contributed by atoms with Crippen LogP contribution in [0.2, 0.25) is 0 Å². The fourth-order valence-electron chi connectivity index (χ4n) is 3.28. The Kier molecular flexibility index (Phi) is 5.13. The smallest absolute Gasteiger partial charge is 0.272 e. The third kappa shape index (κ3) is 3.57. The minimum Gasteiger partial charge on any atom is -0.336 e. The standard InChI is InChI=1S/C20H21N3OS2/c1-22-17(14-16(21-22)19-8-5-12-25-19)20(24)23-10-9-18(26-13-11-23)15-6-3-2-4-7-15/h2-8,12,14,18H,9-11,13H2,1H3. The number of carbonyl (C=O) groups is 1. The SMILES string of the molecule is Cn1nc(-c2cccs2)cc1C(=O)N1CCSC(c2ccccc2)CC1. The molecule has 1 unspecified atom stereocenters. The van der Waals surface area contributed by atoms with Crippen molar-refractivity contribution < 1.29 is 4.79 Å². The number of hydrogen-bond donors (Lipinski definition) is 0. The molecular formula is C20H21N3OS2. The molecule has 1 aromatic carbocycles. The summed E-state index contributed by atoms with van der Waals surface area (Å²) in [5, 5.41) is 7.02. The van der Waals surface area contributed by atoms with E-state index in [1.807, 2.05) is 53.4 Å². The van der Waals surface area contributed by atoms with E-state index in [4.69, 9.17) is 0 Å². The van der Waals surface area contributed by atoms with E-state index in [1.54, 1.807) is 16.0 Å². The predicted molar refractivity (Wildman–Crippen MR) is 109 cm³/mol. The number of aryl methyl sites for hydroxylation is 1. The lowest BCUT2D eigenvalue weighted by molar-refractivity contribution is 0.0755. The highest BCUT2D eigenvalue weighted by Gasteiger charge is 2.25. The summed E-state index contributed by atoms with van der Waals surface area (Å²) < 4.78 is 1.71. The summed E-state index contributed by atoms with van der Waals surface area (Å²) in [6.07, 6.45) is 0.982. The molecule has 1 fully saturated rings. The third-order valence-electron chi connectivity index (χ3n) is 4.67. The highest BCUT2D eigenvalue weighted by Crippen LogP contribution is 2.34. The van der Waals surface area contributed by atoms with Gasteiger partial charge in [0.25, 0.3) is 5.91 Å². The van der Waals surface area contributed by atoms with Crippen LogP contribution in [0.1, 0.15) is 27.7 Å². The highest BCUT2D eigenvalue weighted by atomic mass is 32.2. The molecule has 1 atom stereocenters. The quantitative estimate of drug-likeness (QED) is 0.670. The number of rotatable bonds is 3. The molecule has 0 saturated carbocycles. The number of hydrogen-bond acceptors (Lipinski definition) is 4. The van der Waals surface area contributed by atoms with Gasteiger partial charge in [0.05, 0.1) is 4.88 Å². The van der Waals surface area contributed by atoms with Crippen LogP contribution < -0.4 is 0 Å². The van der Waals surface area contributed by atoms with Gasteiger partial charge in [0.2, 0.25) is 0 Å². The van der Waals surface area contributed by atoms with Crippen LogP contribution in [0.3, 0.4) is 0 Å². The summed E-state index contributed by atoms with van der Waals surface area (Å²) in [7, 11) is 1.85. The molecule has 0 radical (unpaired) electrons. The Hall–Kier alpha value is -2.05. The molecule has 1 saturated heterocycles. The van der Waals surface area contributed by atoms with Gasteiger partial charge < -0.3 is 4.90 Å². The van der Waals surface area contributed by atoms with Crippen LogP contribution in [0, 0.1) is 0 Å². The summed E-state index contributed by atoms with van der Waals surface area (Å²) in [6.45, 7) is 1.57. The molecule has 0 N–H and O–H groups in total. The van der Waals surface area contributed by atoms with Crippen LogP contribution in [0.25, 0.3) is 10.6 Å². The lowest BCUT2D eigenvalue weighted by atomic mass is 10.1. The normalized spacial score (nSPS) is 17.9. The minimum absolute atomic E-state index is 0.0807. The second-order valence-electron chi connectivity index (χ2n) is 6.37. The van der Waals surface area contributed by atoms with Gasteiger partial charge >= 0.3 is 0 Å². The predicted octanol–water partition coefficient (Wildman–Crippen LogP) is 4.47. The molecule has 1 amide bonds. The molecule has 4 nitrogen and oxygen atoms in total. The van der Waals surface area contributed by atoms with Crippen molar-refractivity contribution in [2.45, 2.75) is 11.7 Å². The molecule has 0 bridgehead atoms. The van der Waals surface area contributed by atoms with E-state index in [-0.39, 0.29) is 5.91 Å². The summed E-state index contributed by atoms with van der Waals surface area (Å²) in [5.74, 6) is 1.04. The number of nitrogens with zero attached hydrogens (tertiary/aromatic N) is 3. The number of carbonyl (C=O) groups excluding carboxylic acids is 1. The largest absolute Gasteiger partial charge is 0.336 e. The summed E-state index contributed by atoms with van der Waals surface area (Å²) in [4.78, 5) is 16.1. The van der Waals surface area contributed by atoms with Crippen molar-refractivity contribution in [3.63, 3.8) is 0 Å². The molecule has 134 valence electrons. The molecule has 6 heteroatoms. The van der Waals surface area contributed by atoms with Gasteiger partial charge in [-0.3, -0.25) is 9.48 Å². The topological polar surface area (TPSA) is 38.1 Å². The minimum atomic E-state index is 0.0807. The molecule has 3 heterocycles. The molecule has 26 heavy (non-hydrogen) atoms. The Morgan fingerprint density at radius 2 is 2.00 bits per heavy atom. The van der Waals surface area contributed by atoms with Gasteiger partial charge in [-0.2, -0.15) is 16.9 Å². The molecule has 1 aliphatic heterocycles. The number of benzene rings is 1. The maximum Gasteiger partial charge on any atom is 0.272 e. The second-order valence-corrected chi connectivity index (χ2v) is 8.63. The van der Waals surface area contributed by atoms with Gasteiger partial charge in [0, 0.05) is 31.1 Å². The van der Waals surface area contributed by atoms with E-state index in [9.17, 15) is 4.79 Å². The zero-order valence-electron chi connectivity index (χ0n) is 14.7. The van der Waals surface area contributed by atoms with Crippen molar-refractivity contribution in [2.75, 3.05) is 18.8 Å². The van der Waals surface area contributed by atoms with Crippen LogP contribution in [-0.2, 0) is 7.05 Å². The van der Waals surface area contributed by atoms with Gasteiger partial charge in [-0.25, -0.2) is 0 Å². The van der Waals surface area contributed by atoms with Crippen LogP contribution in [0.5, 0.6) is 0 Å². The van der Waals surface area contributed by atoms with Crippen molar-refractivity contribution in [1.82, 2.24) is 14.7 Å². The maximum atomic E-state index is 13.1. The van der Waals surface area contributed by atoms with Crippen LogP contribution in [-0.4, -0.2) is 39.4 Å². The first-order chi connectivity index (χ1) is 12.7. The van der Waals surface area contributed by atoms with Crippen LogP contribution in [0.4, 0.5) is 0 Å². The number of thioether (sulfide) groups is 1. The van der Waals surface area contributed by atoms with E-state index in [0.29, 0.717) is 10.9 Å². The van der Waals surface area contributed by atoms with Gasteiger partial charge in [-0.15, -0.1) is 11.3 Å². The Bertz CT molecular complexity index is 874. The summed E-state index contributed by atoms with van der Waals surface area (Å²) in [6, 6.07) is 16.6. The zero-order valence-corrected chi connectivity index (χ0v) is 16.3. The molecule has 2 aromatic heterocycles. The average Bonchev–Trinajstić information content (AvgIpc) is 3.26. The van der Waals surface area contributed by atoms with Crippen molar-refractivity contribution in [1.29, 1.82) is 0 Å². The molecule has 1 aliphatic rings. The van der Waals surface area contributed by atoms with Crippen molar-refractivity contribution in [3.8, 4) is 10.6 Å². The first-order valence-corrected chi connectivity index (χ1v) is 10.7. The van der Waals surface area contributed by atoms with Gasteiger partial charge in [-0.1, -0.05) is 36.4 Å². The first kappa shape index (κ1) is 17.4. The molecule has 3 aromatic rings. The molecule has 0 aliphatic carbocycles. The van der Waals surface area contributed by atoms with Crippen molar-refractivity contribution in [2.24, 2.45) is 7.05 Å². The number of amides is 1. The Morgan fingerprint density at radius 1 is 1.15 bits per heavy atom. The molecule has 0 spiro atoms. The monoisotopic (exact) mass is 383 g/mol. The maximum absolute atomic E-state index is 13.1. The molecular weight excluding hydrogens is 362 g/mol. The lowest BCUT2D eigenvalue weighted by Gasteiger charge is -2.20. The Labute approximate surface area is 161 Å². The fourth-order valence-corrected chi connectivity index (χ4v) is 5.19. The third-order valence-corrected chi connectivity index (χ3v) is 6.89. The van der Waals surface area contributed by atoms with Gasteiger partial charge in [0.15, 0.2) is 0 Å². The zero-order chi connectivity index (χ0) is 17.9. The first-order valence-electron chi connectivity index (χ1n) is 8.76. The second kappa shape index (κ2) is 7.68.